The van der Waals surface area contributed by atoms with Crippen LogP contribution in [-0.2, 0) is 0 Å². The highest BCUT2D eigenvalue weighted by Gasteiger charge is 2.49. The van der Waals surface area contributed by atoms with E-state index >= 15 is 0 Å². The normalized spacial score (nSPS) is 15.6. The average Bonchev–Trinajstić information content (AvgIpc) is 2.65. The molecule has 0 fully saturated rings. The zero-order valence-electron chi connectivity index (χ0n) is 8.43. The Labute approximate surface area is 89.5 Å². The number of aromatic nitrogens is 1. The van der Waals surface area contributed by atoms with Crippen LogP contribution in [0, 0.1) is 0 Å². The third-order valence-electron chi connectivity index (χ3n) is 2.05. The van der Waals surface area contributed by atoms with Crippen LogP contribution >= 0.6 is 0 Å². The molecule has 0 saturated heterocycles. The summed E-state index contributed by atoms with van der Waals surface area (Å²) in [6.07, 6.45) is -3.31. The molecule has 7 heteroatoms. The summed E-state index contributed by atoms with van der Waals surface area (Å²) in [7, 11) is 0. The number of H-pyrrole nitrogens is 1. The smallest absolute Gasteiger partial charge is 0.379 e. The van der Waals surface area contributed by atoms with Gasteiger partial charge in [-0.25, -0.2) is 0 Å². The van der Waals surface area contributed by atoms with Gasteiger partial charge in [0.25, 0.3) is 5.91 Å². The van der Waals surface area contributed by atoms with Crippen molar-refractivity contribution in [1.82, 2.24) is 10.3 Å². The number of carbonyl (C=O) groups is 1. The minimum absolute atomic E-state index is 0.137. The molecule has 1 amide bonds. The molecule has 1 aromatic heterocycles. The second-order valence-electron chi connectivity index (χ2n) is 3.54. The summed E-state index contributed by atoms with van der Waals surface area (Å²) in [6, 6.07) is 2.95. The number of rotatable bonds is 3. The van der Waals surface area contributed by atoms with Gasteiger partial charge in [-0.15, -0.1) is 0 Å². The van der Waals surface area contributed by atoms with Crippen molar-refractivity contribution in [3.8, 4) is 0 Å². The maximum absolute atomic E-state index is 12.2. The molecule has 0 aliphatic carbocycles. The largest absolute Gasteiger partial charge is 0.418 e. The SMILES string of the molecule is CC(O)(CNC(=O)c1ccc[nH]1)C(F)(F)F. The van der Waals surface area contributed by atoms with Crippen molar-refractivity contribution in [1.29, 1.82) is 0 Å². The van der Waals surface area contributed by atoms with Gasteiger partial charge in [-0.1, -0.05) is 0 Å². The molecule has 0 radical (unpaired) electrons. The van der Waals surface area contributed by atoms with Gasteiger partial charge in [-0.3, -0.25) is 4.79 Å². The second-order valence-corrected chi connectivity index (χ2v) is 3.54. The van der Waals surface area contributed by atoms with Crippen molar-refractivity contribution < 1.29 is 23.1 Å². The lowest BCUT2D eigenvalue weighted by molar-refractivity contribution is -0.249. The van der Waals surface area contributed by atoms with Gasteiger partial charge in [0, 0.05) is 6.20 Å². The summed E-state index contributed by atoms with van der Waals surface area (Å²) in [5.41, 5.74) is -2.80. The summed E-state index contributed by atoms with van der Waals surface area (Å²) in [5, 5.41) is 11.0. The molecule has 4 nitrogen and oxygen atoms in total. The van der Waals surface area contributed by atoms with E-state index in [4.69, 9.17) is 5.11 Å². The van der Waals surface area contributed by atoms with E-state index in [2.05, 4.69) is 4.98 Å². The van der Waals surface area contributed by atoms with Crippen LogP contribution < -0.4 is 5.32 Å². The highest BCUT2D eigenvalue weighted by atomic mass is 19.4. The van der Waals surface area contributed by atoms with Crippen LogP contribution in [0.5, 0.6) is 0 Å². The molecule has 0 aromatic carbocycles. The third kappa shape index (κ3) is 2.75. The van der Waals surface area contributed by atoms with Crippen molar-refractivity contribution in [3.05, 3.63) is 24.0 Å². The maximum Gasteiger partial charge on any atom is 0.418 e. The molecule has 0 bridgehead atoms. The van der Waals surface area contributed by atoms with E-state index in [1.807, 2.05) is 5.32 Å². The first-order valence-electron chi connectivity index (χ1n) is 4.45. The van der Waals surface area contributed by atoms with Gasteiger partial charge < -0.3 is 15.4 Å². The zero-order valence-corrected chi connectivity index (χ0v) is 8.43. The van der Waals surface area contributed by atoms with E-state index < -0.39 is 24.2 Å². The molecule has 0 saturated carbocycles. The Morgan fingerprint density at radius 2 is 2.19 bits per heavy atom. The van der Waals surface area contributed by atoms with E-state index in [0.29, 0.717) is 6.92 Å². The van der Waals surface area contributed by atoms with E-state index in [-0.39, 0.29) is 5.69 Å². The minimum atomic E-state index is -4.78. The molecule has 1 rings (SSSR count). The van der Waals surface area contributed by atoms with Crippen molar-refractivity contribution in [2.75, 3.05) is 6.54 Å². The lowest BCUT2D eigenvalue weighted by atomic mass is 10.1. The number of aliphatic hydroxyl groups is 1. The maximum atomic E-state index is 12.2. The zero-order chi connectivity index (χ0) is 12.4. The number of aromatic amines is 1. The lowest BCUT2D eigenvalue weighted by Gasteiger charge is -2.26. The Hall–Kier alpha value is -1.50. The molecule has 1 atom stereocenters. The van der Waals surface area contributed by atoms with E-state index in [1.54, 1.807) is 0 Å². The molecule has 0 spiro atoms. The molecule has 90 valence electrons. The summed E-state index contributed by atoms with van der Waals surface area (Å²) < 4.78 is 36.7. The molecule has 0 aliphatic rings. The number of amides is 1. The molecule has 1 aromatic rings. The monoisotopic (exact) mass is 236 g/mol. The Balaban J connectivity index is 2.56. The second kappa shape index (κ2) is 4.17. The summed E-state index contributed by atoms with van der Waals surface area (Å²) in [6.45, 7) is -0.295. The Kier molecular flexibility index (Phi) is 3.27. The summed E-state index contributed by atoms with van der Waals surface area (Å²) in [4.78, 5) is 13.8. The van der Waals surface area contributed by atoms with Crippen LogP contribution in [0.1, 0.15) is 17.4 Å². The average molecular weight is 236 g/mol. The van der Waals surface area contributed by atoms with Crippen molar-refractivity contribution >= 4 is 5.91 Å². The molecule has 16 heavy (non-hydrogen) atoms. The number of carbonyl (C=O) groups excluding carboxylic acids is 1. The fraction of sp³-hybridized carbons (Fsp3) is 0.444. The summed E-state index contributed by atoms with van der Waals surface area (Å²) in [5.74, 6) is -0.700. The van der Waals surface area contributed by atoms with Gasteiger partial charge >= 0.3 is 6.18 Å². The Morgan fingerprint density at radius 1 is 1.56 bits per heavy atom. The van der Waals surface area contributed by atoms with Gasteiger partial charge in [0.15, 0.2) is 5.60 Å². The standard InChI is InChI=1S/C9H11F3N2O2/c1-8(16,9(10,11)12)5-14-7(15)6-3-2-4-13-6/h2-4,13,16H,5H2,1H3,(H,14,15). The van der Waals surface area contributed by atoms with Crippen molar-refractivity contribution in [3.63, 3.8) is 0 Å². The molecule has 3 N–H and O–H groups in total. The van der Waals surface area contributed by atoms with Crippen LogP contribution in [0.25, 0.3) is 0 Å². The fourth-order valence-electron chi connectivity index (χ4n) is 0.919. The van der Waals surface area contributed by atoms with Crippen LogP contribution in [-0.4, -0.2) is 34.3 Å². The van der Waals surface area contributed by atoms with E-state index in [9.17, 15) is 18.0 Å². The van der Waals surface area contributed by atoms with Crippen LogP contribution in [0.15, 0.2) is 18.3 Å². The van der Waals surface area contributed by atoms with Gasteiger partial charge in [0.2, 0.25) is 0 Å². The minimum Gasteiger partial charge on any atom is -0.379 e. The third-order valence-corrected chi connectivity index (χ3v) is 2.05. The molecular weight excluding hydrogens is 225 g/mol. The van der Waals surface area contributed by atoms with Crippen LogP contribution in [0.2, 0.25) is 0 Å². The lowest BCUT2D eigenvalue weighted by Crippen LogP contribution is -2.51. The number of nitrogens with one attached hydrogen (secondary N) is 2. The van der Waals surface area contributed by atoms with Crippen molar-refractivity contribution in [2.24, 2.45) is 0 Å². The molecular formula is C9H11F3N2O2. The number of alkyl halides is 3. The van der Waals surface area contributed by atoms with Crippen molar-refractivity contribution in [2.45, 2.75) is 18.7 Å². The predicted octanol–water partition coefficient (Wildman–Crippen LogP) is 1.06. The van der Waals surface area contributed by atoms with Gasteiger partial charge in [0.1, 0.15) is 5.69 Å². The topological polar surface area (TPSA) is 65.1 Å². The van der Waals surface area contributed by atoms with Crippen LogP contribution in [0.4, 0.5) is 13.2 Å². The number of halogens is 3. The molecule has 1 heterocycles. The Morgan fingerprint density at radius 3 is 2.62 bits per heavy atom. The van der Waals surface area contributed by atoms with E-state index in [0.717, 1.165) is 0 Å². The van der Waals surface area contributed by atoms with Gasteiger partial charge in [-0.2, -0.15) is 13.2 Å². The number of hydrogen-bond acceptors (Lipinski definition) is 2. The highest BCUT2D eigenvalue weighted by Crippen LogP contribution is 2.29. The predicted molar refractivity (Wildman–Crippen MR) is 49.8 cm³/mol. The molecule has 1 unspecified atom stereocenters. The molecule has 0 aliphatic heterocycles. The van der Waals surface area contributed by atoms with Gasteiger partial charge in [-0.05, 0) is 19.1 Å². The van der Waals surface area contributed by atoms with Gasteiger partial charge in [0.05, 0.1) is 6.54 Å². The summed E-state index contributed by atoms with van der Waals surface area (Å²) >= 11 is 0. The van der Waals surface area contributed by atoms with E-state index in [1.165, 1.54) is 18.3 Å². The number of hydrogen-bond donors (Lipinski definition) is 3. The quantitative estimate of drug-likeness (QED) is 0.734. The first-order chi connectivity index (χ1) is 7.24. The highest BCUT2D eigenvalue weighted by molar-refractivity contribution is 5.92. The first-order valence-corrected chi connectivity index (χ1v) is 4.45. The van der Waals surface area contributed by atoms with Crippen LogP contribution in [0.3, 0.4) is 0 Å². The first kappa shape index (κ1) is 12.6. The fourth-order valence-corrected chi connectivity index (χ4v) is 0.919. The Bertz CT molecular complexity index is 357.